The average molecular weight is 293 g/mol. The molecule has 21 heavy (non-hydrogen) atoms. The molecule has 0 radical (unpaired) electrons. The summed E-state index contributed by atoms with van der Waals surface area (Å²) in [5, 5.41) is 16.3. The van der Waals surface area contributed by atoms with Gasteiger partial charge in [-0.15, -0.1) is 0 Å². The van der Waals surface area contributed by atoms with Gasteiger partial charge in [-0.05, 0) is 24.6 Å². The van der Waals surface area contributed by atoms with E-state index in [0.717, 1.165) is 30.2 Å². The van der Waals surface area contributed by atoms with Crippen LogP contribution in [0.4, 0.5) is 0 Å². The fraction of sp³-hybridized carbons (Fsp3) is 0.562. The second-order valence-corrected chi connectivity index (χ2v) is 4.91. The minimum absolute atomic E-state index is 0.252. The highest BCUT2D eigenvalue weighted by molar-refractivity contribution is 5.79. The molecule has 5 heteroatoms. The van der Waals surface area contributed by atoms with E-state index in [1.54, 1.807) is 26.3 Å². The van der Waals surface area contributed by atoms with E-state index in [-0.39, 0.29) is 5.75 Å². The standard InChI is InChI=1S/C16H27N3O2/c1-4-5-6-7-10-18-16(17-2)19-12-13-11-14(21-3)8-9-15(13)20/h8-9,11,20H,4-7,10,12H2,1-3H3,(H2,17,18,19). The summed E-state index contributed by atoms with van der Waals surface area (Å²) >= 11 is 0. The molecule has 0 unspecified atom stereocenters. The Morgan fingerprint density at radius 2 is 2.05 bits per heavy atom. The third kappa shape index (κ3) is 6.38. The van der Waals surface area contributed by atoms with E-state index < -0.39 is 0 Å². The first-order valence-electron chi connectivity index (χ1n) is 7.51. The second kappa shape index (κ2) is 9.91. The quantitative estimate of drug-likeness (QED) is 0.392. The van der Waals surface area contributed by atoms with Gasteiger partial charge in [0.25, 0.3) is 0 Å². The van der Waals surface area contributed by atoms with E-state index in [1.807, 2.05) is 6.07 Å². The Kier molecular flexibility index (Phi) is 8.09. The number of aliphatic imine (C=N–C) groups is 1. The first-order chi connectivity index (χ1) is 10.2. The number of phenolic OH excluding ortho intramolecular Hbond substituents is 1. The minimum Gasteiger partial charge on any atom is -0.508 e. The monoisotopic (exact) mass is 293 g/mol. The Labute approximate surface area is 127 Å². The molecule has 0 heterocycles. The Morgan fingerprint density at radius 3 is 2.71 bits per heavy atom. The van der Waals surface area contributed by atoms with Crippen molar-refractivity contribution < 1.29 is 9.84 Å². The van der Waals surface area contributed by atoms with E-state index in [1.165, 1.54) is 19.3 Å². The molecular formula is C16H27N3O2. The van der Waals surface area contributed by atoms with Crippen molar-refractivity contribution in [1.82, 2.24) is 10.6 Å². The van der Waals surface area contributed by atoms with Gasteiger partial charge in [0.05, 0.1) is 7.11 Å². The van der Waals surface area contributed by atoms with E-state index in [2.05, 4.69) is 22.5 Å². The van der Waals surface area contributed by atoms with Gasteiger partial charge in [-0.1, -0.05) is 26.2 Å². The lowest BCUT2D eigenvalue weighted by Gasteiger charge is -2.13. The number of nitrogens with one attached hydrogen (secondary N) is 2. The van der Waals surface area contributed by atoms with Gasteiger partial charge < -0.3 is 20.5 Å². The van der Waals surface area contributed by atoms with E-state index in [0.29, 0.717) is 6.54 Å². The van der Waals surface area contributed by atoms with Crippen molar-refractivity contribution in [3.63, 3.8) is 0 Å². The smallest absolute Gasteiger partial charge is 0.191 e. The van der Waals surface area contributed by atoms with Crippen molar-refractivity contribution in [2.45, 2.75) is 39.2 Å². The predicted octanol–water partition coefficient (Wildman–Crippen LogP) is 2.65. The summed E-state index contributed by atoms with van der Waals surface area (Å²) in [6.45, 7) is 3.61. The lowest BCUT2D eigenvalue weighted by molar-refractivity contribution is 0.410. The number of benzene rings is 1. The number of unbranched alkanes of at least 4 members (excludes halogenated alkanes) is 3. The number of hydrogen-bond donors (Lipinski definition) is 3. The fourth-order valence-electron chi connectivity index (χ4n) is 1.99. The first kappa shape index (κ1) is 17.1. The zero-order valence-corrected chi connectivity index (χ0v) is 13.3. The molecule has 0 saturated carbocycles. The normalized spacial score (nSPS) is 11.3. The molecule has 3 N–H and O–H groups in total. The third-order valence-corrected chi connectivity index (χ3v) is 3.28. The van der Waals surface area contributed by atoms with Gasteiger partial charge in [0.15, 0.2) is 5.96 Å². The largest absolute Gasteiger partial charge is 0.508 e. The van der Waals surface area contributed by atoms with Crippen molar-refractivity contribution in [3.05, 3.63) is 23.8 Å². The van der Waals surface area contributed by atoms with Crippen molar-refractivity contribution in [3.8, 4) is 11.5 Å². The first-order valence-corrected chi connectivity index (χ1v) is 7.51. The van der Waals surface area contributed by atoms with Crippen LogP contribution in [0.2, 0.25) is 0 Å². The van der Waals surface area contributed by atoms with Gasteiger partial charge in [-0.3, -0.25) is 4.99 Å². The van der Waals surface area contributed by atoms with Crippen LogP contribution in [0.5, 0.6) is 11.5 Å². The topological polar surface area (TPSA) is 65.9 Å². The van der Waals surface area contributed by atoms with E-state index in [4.69, 9.17) is 4.74 Å². The molecule has 0 saturated heterocycles. The molecule has 118 valence electrons. The van der Waals surface area contributed by atoms with Crippen LogP contribution in [0.15, 0.2) is 23.2 Å². The molecule has 0 aliphatic rings. The van der Waals surface area contributed by atoms with Gasteiger partial charge in [0.1, 0.15) is 11.5 Å². The SMILES string of the molecule is CCCCCCNC(=NC)NCc1cc(OC)ccc1O. The molecule has 1 rings (SSSR count). The maximum absolute atomic E-state index is 9.83. The van der Waals surface area contributed by atoms with Crippen LogP contribution in [-0.4, -0.2) is 31.8 Å². The molecule has 0 spiro atoms. The molecule has 0 atom stereocenters. The molecule has 0 aliphatic heterocycles. The third-order valence-electron chi connectivity index (χ3n) is 3.28. The summed E-state index contributed by atoms with van der Waals surface area (Å²) in [5.41, 5.74) is 0.781. The molecule has 1 aromatic rings. The number of phenols is 1. The highest BCUT2D eigenvalue weighted by atomic mass is 16.5. The van der Waals surface area contributed by atoms with Crippen molar-refractivity contribution in [2.75, 3.05) is 20.7 Å². The summed E-state index contributed by atoms with van der Waals surface area (Å²) in [4.78, 5) is 4.17. The Hall–Kier alpha value is -1.91. The van der Waals surface area contributed by atoms with Crippen LogP contribution in [0.25, 0.3) is 0 Å². The molecule has 0 amide bonds. The number of guanidine groups is 1. The molecule has 0 aliphatic carbocycles. The number of ether oxygens (including phenoxy) is 1. The molecule has 1 aromatic carbocycles. The fourth-order valence-corrected chi connectivity index (χ4v) is 1.99. The van der Waals surface area contributed by atoms with Gasteiger partial charge >= 0.3 is 0 Å². The number of aromatic hydroxyl groups is 1. The van der Waals surface area contributed by atoms with Gasteiger partial charge in [-0.2, -0.15) is 0 Å². The molecule has 5 nitrogen and oxygen atoms in total. The summed E-state index contributed by atoms with van der Waals surface area (Å²) in [6.07, 6.45) is 4.88. The zero-order chi connectivity index (χ0) is 15.5. The van der Waals surface area contributed by atoms with Gasteiger partial charge in [-0.25, -0.2) is 0 Å². The summed E-state index contributed by atoms with van der Waals surface area (Å²) in [7, 11) is 3.35. The van der Waals surface area contributed by atoms with Crippen molar-refractivity contribution in [1.29, 1.82) is 0 Å². The average Bonchev–Trinajstić information content (AvgIpc) is 2.51. The number of nitrogens with zero attached hydrogens (tertiary/aromatic N) is 1. The Bertz CT molecular complexity index is 447. The number of rotatable bonds is 8. The molecule has 0 bridgehead atoms. The van der Waals surface area contributed by atoms with Crippen LogP contribution in [0.1, 0.15) is 38.2 Å². The van der Waals surface area contributed by atoms with Gasteiger partial charge in [0.2, 0.25) is 0 Å². The highest BCUT2D eigenvalue weighted by Gasteiger charge is 2.04. The minimum atomic E-state index is 0.252. The maximum Gasteiger partial charge on any atom is 0.191 e. The summed E-state index contributed by atoms with van der Waals surface area (Å²) in [5.74, 6) is 1.72. The van der Waals surface area contributed by atoms with Crippen LogP contribution >= 0.6 is 0 Å². The van der Waals surface area contributed by atoms with Crippen LogP contribution in [-0.2, 0) is 6.54 Å². The number of hydrogen-bond acceptors (Lipinski definition) is 3. The molecule has 0 fully saturated rings. The molecule has 0 aromatic heterocycles. The zero-order valence-electron chi connectivity index (χ0n) is 13.3. The van der Waals surface area contributed by atoms with Gasteiger partial charge in [0, 0.05) is 25.7 Å². The van der Waals surface area contributed by atoms with Crippen LogP contribution in [0, 0.1) is 0 Å². The maximum atomic E-state index is 9.83. The lowest BCUT2D eigenvalue weighted by Crippen LogP contribution is -2.37. The highest BCUT2D eigenvalue weighted by Crippen LogP contribution is 2.22. The summed E-state index contributed by atoms with van der Waals surface area (Å²) < 4.78 is 5.16. The van der Waals surface area contributed by atoms with E-state index >= 15 is 0 Å². The van der Waals surface area contributed by atoms with Crippen molar-refractivity contribution >= 4 is 5.96 Å². The Morgan fingerprint density at radius 1 is 1.24 bits per heavy atom. The second-order valence-electron chi connectivity index (χ2n) is 4.91. The van der Waals surface area contributed by atoms with Crippen molar-refractivity contribution in [2.24, 2.45) is 4.99 Å². The van der Waals surface area contributed by atoms with Crippen LogP contribution in [0.3, 0.4) is 0 Å². The summed E-state index contributed by atoms with van der Waals surface area (Å²) in [6, 6.07) is 5.19. The van der Waals surface area contributed by atoms with E-state index in [9.17, 15) is 5.11 Å². The Balaban J connectivity index is 2.41. The lowest BCUT2D eigenvalue weighted by atomic mass is 10.2. The number of methoxy groups -OCH3 is 1. The molecular weight excluding hydrogens is 266 g/mol. The predicted molar refractivity (Wildman–Crippen MR) is 87.0 cm³/mol. The van der Waals surface area contributed by atoms with Crippen LogP contribution < -0.4 is 15.4 Å².